The van der Waals surface area contributed by atoms with Crippen LogP contribution in [0, 0.1) is 0 Å². The fourth-order valence-corrected chi connectivity index (χ4v) is 1.33. The predicted molar refractivity (Wildman–Crippen MR) is 92.2 cm³/mol. The number of nitrogens with zero attached hydrogens (tertiary/aromatic N) is 1. The van der Waals surface area contributed by atoms with Crippen LogP contribution in [0.2, 0.25) is 0 Å². The van der Waals surface area contributed by atoms with Crippen LogP contribution in [-0.2, 0) is 4.79 Å². The maximum atomic E-state index is 11.5. The number of amides is 1. The van der Waals surface area contributed by atoms with Crippen molar-refractivity contribution in [3.8, 4) is 0 Å². The van der Waals surface area contributed by atoms with Gasteiger partial charge < -0.3 is 16.0 Å². The van der Waals surface area contributed by atoms with Gasteiger partial charge in [0.25, 0.3) is 0 Å². The van der Waals surface area contributed by atoms with Crippen LogP contribution in [0.3, 0.4) is 0 Å². The summed E-state index contributed by atoms with van der Waals surface area (Å²) >= 11 is 0. The van der Waals surface area contributed by atoms with E-state index in [0.29, 0.717) is 13.0 Å². The zero-order valence-corrected chi connectivity index (χ0v) is 15.3. The Morgan fingerprint density at radius 1 is 1.26 bits per heavy atom. The molecule has 0 radical (unpaired) electrons. The molecule has 6 heteroatoms. The Morgan fingerprint density at radius 3 is 2.26 bits per heavy atom. The van der Waals surface area contributed by atoms with Gasteiger partial charge in [0.2, 0.25) is 5.91 Å². The molecule has 3 N–H and O–H groups in total. The Kier molecular flexibility index (Phi) is 11.2. The SMILES string of the molecule is CCNC(=NCCC(=O)NC(C)C)NC(C)(C)C.I. The molecule has 0 heterocycles. The van der Waals surface area contributed by atoms with Gasteiger partial charge in [-0.25, -0.2) is 0 Å². The highest BCUT2D eigenvalue weighted by Gasteiger charge is 2.11. The highest BCUT2D eigenvalue weighted by molar-refractivity contribution is 14.0. The zero-order valence-electron chi connectivity index (χ0n) is 13.0. The second-order valence-electron chi connectivity index (χ2n) is 5.61. The molecule has 0 rings (SSSR count). The van der Waals surface area contributed by atoms with E-state index in [-0.39, 0.29) is 41.5 Å². The van der Waals surface area contributed by atoms with Gasteiger partial charge >= 0.3 is 0 Å². The molecular formula is C13H29IN4O. The second-order valence-corrected chi connectivity index (χ2v) is 5.61. The summed E-state index contributed by atoms with van der Waals surface area (Å²) < 4.78 is 0. The lowest BCUT2D eigenvalue weighted by Gasteiger charge is -2.23. The van der Waals surface area contributed by atoms with Crippen molar-refractivity contribution < 1.29 is 4.79 Å². The van der Waals surface area contributed by atoms with Crippen molar-refractivity contribution >= 4 is 35.8 Å². The highest BCUT2D eigenvalue weighted by atomic mass is 127. The number of carbonyl (C=O) groups excluding carboxylic acids is 1. The minimum absolute atomic E-state index is 0. The molecule has 0 fully saturated rings. The Labute approximate surface area is 134 Å². The molecule has 1 amide bonds. The van der Waals surface area contributed by atoms with Crippen LogP contribution < -0.4 is 16.0 Å². The molecule has 19 heavy (non-hydrogen) atoms. The van der Waals surface area contributed by atoms with E-state index >= 15 is 0 Å². The van der Waals surface area contributed by atoms with Crippen molar-refractivity contribution in [3.63, 3.8) is 0 Å². The lowest BCUT2D eigenvalue weighted by Crippen LogP contribution is -2.47. The lowest BCUT2D eigenvalue weighted by atomic mass is 10.1. The minimum atomic E-state index is -0.0405. The molecule has 0 aromatic carbocycles. The van der Waals surface area contributed by atoms with Crippen LogP contribution in [0.5, 0.6) is 0 Å². The van der Waals surface area contributed by atoms with Gasteiger partial charge in [0.15, 0.2) is 5.96 Å². The van der Waals surface area contributed by atoms with E-state index in [1.165, 1.54) is 0 Å². The number of nitrogens with one attached hydrogen (secondary N) is 3. The molecule has 0 aromatic heterocycles. The number of rotatable bonds is 5. The molecule has 0 unspecified atom stereocenters. The van der Waals surface area contributed by atoms with Gasteiger partial charge in [0, 0.05) is 24.5 Å². The average Bonchev–Trinajstić information content (AvgIpc) is 2.13. The van der Waals surface area contributed by atoms with E-state index in [2.05, 4.69) is 41.7 Å². The summed E-state index contributed by atoms with van der Waals surface area (Å²) in [5.41, 5.74) is -0.0405. The molecule has 0 aliphatic rings. The molecule has 0 atom stereocenters. The van der Waals surface area contributed by atoms with Crippen molar-refractivity contribution in [1.29, 1.82) is 0 Å². The minimum Gasteiger partial charge on any atom is -0.357 e. The Morgan fingerprint density at radius 2 is 1.84 bits per heavy atom. The number of halogens is 1. The number of hydrogen-bond acceptors (Lipinski definition) is 2. The van der Waals surface area contributed by atoms with E-state index in [0.717, 1.165) is 12.5 Å². The van der Waals surface area contributed by atoms with Crippen LogP contribution in [0.1, 0.15) is 48.0 Å². The first-order valence-electron chi connectivity index (χ1n) is 6.60. The zero-order chi connectivity index (χ0) is 14.2. The molecule has 0 spiro atoms. The first-order valence-corrected chi connectivity index (χ1v) is 6.60. The summed E-state index contributed by atoms with van der Waals surface area (Å²) in [5, 5.41) is 9.29. The summed E-state index contributed by atoms with van der Waals surface area (Å²) in [6, 6.07) is 0.183. The monoisotopic (exact) mass is 384 g/mol. The molecule has 0 bridgehead atoms. The molecule has 0 saturated heterocycles. The largest absolute Gasteiger partial charge is 0.357 e. The van der Waals surface area contributed by atoms with E-state index < -0.39 is 0 Å². The molecular weight excluding hydrogens is 355 g/mol. The van der Waals surface area contributed by atoms with Gasteiger partial charge in [-0.05, 0) is 41.5 Å². The van der Waals surface area contributed by atoms with E-state index in [4.69, 9.17) is 0 Å². The molecule has 0 aliphatic heterocycles. The fraction of sp³-hybridized carbons (Fsp3) is 0.846. The van der Waals surface area contributed by atoms with Gasteiger partial charge in [0.05, 0.1) is 6.54 Å². The van der Waals surface area contributed by atoms with Crippen LogP contribution in [0.15, 0.2) is 4.99 Å². The van der Waals surface area contributed by atoms with Crippen molar-refractivity contribution in [2.75, 3.05) is 13.1 Å². The molecule has 5 nitrogen and oxygen atoms in total. The van der Waals surface area contributed by atoms with E-state index in [9.17, 15) is 4.79 Å². The summed E-state index contributed by atoms with van der Waals surface area (Å²) in [6.07, 6.45) is 0.416. The van der Waals surface area contributed by atoms with Crippen LogP contribution >= 0.6 is 24.0 Å². The second kappa shape index (κ2) is 10.3. The van der Waals surface area contributed by atoms with E-state index in [1.54, 1.807) is 0 Å². The quantitative estimate of drug-likeness (QED) is 0.385. The van der Waals surface area contributed by atoms with Gasteiger partial charge in [-0.15, -0.1) is 24.0 Å². The average molecular weight is 384 g/mol. The molecule has 0 saturated carbocycles. The number of carbonyl (C=O) groups is 1. The van der Waals surface area contributed by atoms with Crippen molar-refractivity contribution in [1.82, 2.24) is 16.0 Å². The number of guanidine groups is 1. The van der Waals surface area contributed by atoms with Gasteiger partial charge in [-0.2, -0.15) is 0 Å². The topological polar surface area (TPSA) is 65.5 Å². The lowest BCUT2D eigenvalue weighted by molar-refractivity contribution is -0.121. The predicted octanol–water partition coefficient (Wildman–Crippen LogP) is 1.87. The third-order valence-corrected chi connectivity index (χ3v) is 1.90. The normalized spacial score (nSPS) is 11.8. The van der Waals surface area contributed by atoms with Crippen molar-refractivity contribution in [2.24, 2.45) is 4.99 Å². The van der Waals surface area contributed by atoms with Gasteiger partial charge in [0.1, 0.15) is 0 Å². The maximum Gasteiger partial charge on any atom is 0.222 e. The van der Waals surface area contributed by atoms with Crippen molar-refractivity contribution in [2.45, 2.75) is 59.5 Å². The van der Waals surface area contributed by atoms with Gasteiger partial charge in [-0.1, -0.05) is 0 Å². The third-order valence-electron chi connectivity index (χ3n) is 1.90. The highest BCUT2D eigenvalue weighted by Crippen LogP contribution is 1.98. The summed E-state index contributed by atoms with van der Waals surface area (Å²) in [4.78, 5) is 15.8. The molecule has 0 aliphatic carbocycles. The summed E-state index contributed by atoms with van der Waals surface area (Å²) in [7, 11) is 0. The maximum absolute atomic E-state index is 11.5. The number of aliphatic imine (C=N–C) groups is 1. The Hall–Kier alpha value is -0.530. The fourth-order valence-electron chi connectivity index (χ4n) is 1.33. The van der Waals surface area contributed by atoms with Crippen LogP contribution in [-0.4, -0.2) is 36.5 Å². The third kappa shape index (κ3) is 13.7. The van der Waals surface area contributed by atoms with E-state index in [1.807, 2.05) is 20.8 Å². The smallest absolute Gasteiger partial charge is 0.222 e. The first kappa shape index (κ1) is 20.8. The van der Waals surface area contributed by atoms with Crippen molar-refractivity contribution in [3.05, 3.63) is 0 Å². The standard InChI is InChI=1S/C13H28N4O.HI/c1-7-14-12(17-13(4,5)6)15-9-8-11(18)16-10(2)3;/h10H,7-9H2,1-6H3,(H,16,18)(H2,14,15,17);1H. The van der Waals surface area contributed by atoms with Gasteiger partial charge in [-0.3, -0.25) is 9.79 Å². The Balaban J connectivity index is 0. The number of hydrogen-bond donors (Lipinski definition) is 3. The molecule has 114 valence electrons. The first-order chi connectivity index (χ1) is 8.24. The van der Waals surface area contributed by atoms with Crippen LogP contribution in [0.4, 0.5) is 0 Å². The summed E-state index contributed by atoms with van der Waals surface area (Å²) in [5.74, 6) is 0.794. The Bertz CT molecular complexity index is 285. The summed E-state index contributed by atoms with van der Waals surface area (Å²) in [6.45, 7) is 13.4. The van der Waals surface area contributed by atoms with Crippen LogP contribution in [0.25, 0.3) is 0 Å². The molecule has 0 aromatic rings.